The molecule has 23 heavy (non-hydrogen) atoms. The zero-order valence-corrected chi connectivity index (χ0v) is 14.1. The monoisotopic (exact) mass is 372 g/mol. The minimum atomic E-state index is -4.41. The topological polar surface area (TPSA) is 35.5 Å². The maximum atomic E-state index is 12.9. The van der Waals surface area contributed by atoms with Crippen molar-refractivity contribution in [3.8, 4) is 5.75 Å². The zero-order chi connectivity index (χ0) is 15.5. The highest BCUT2D eigenvalue weighted by molar-refractivity contribution is 5.85. The highest BCUT2D eigenvalue weighted by Gasteiger charge is 2.32. The van der Waals surface area contributed by atoms with Crippen molar-refractivity contribution >= 4 is 24.8 Å². The summed E-state index contributed by atoms with van der Waals surface area (Å²) in [7, 11) is 0. The molecule has 1 aliphatic heterocycles. The van der Waals surface area contributed by atoms with E-state index in [9.17, 15) is 18.3 Å². The van der Waals surface area contributed by atoms with Gasteiger partial charge in [0.1, 0.15) is 5.75 Å². The molecule has 0 unspecified atom stereocenters. The quantitative estimate of drug-likeness (QED) is 0.789. The van der Waals surface area contributed by atoms with E-state index >= 15 is 0 Å². The Morgan fingerprint density at radius 3 is 2.39 bits per heavy atom. The lowest BCUT2D eigenvalue weighted by Gasteiger charge is -2.35. The molecule has 0 saturated carbocycles. The summed E-state index contributed by atoms with van der Waals surface area (Å²) in [6.07, 6.45) is -2.24. The van der Waals surface area contributed by atoms with Gasteiger partial charge in [-0.2, -0.15) is 13.2 Å². The molecule has 8 heteroatoms. The Labute approximate surface area is 146 Å². The molecule has 1 fully saturated rings. The van der Waals surface area contributed by atoms with Gasteiger partial charge in [-0.05, 0) is 24.6 Å². The van der Waals surface area contributed by atoms with Crippen LogP contribution >= 0.6 is 24.8 Å². The molecule has 0 aromatic heterocycles. The summed E-state index contributed by atoms with van der Waals surface area (Å²) >= 11 is 0. The molecule has 0 spiro atoms. The second kappa shape index (κ2) is 9.37. The van der Waals surface area contributed by atoms with Crippen molar-refractivity contribution < 1.29 is 18.3 Å². The number of phenols is 1. The van der Waals surface area contributed by atoms with Crippen molar-refractivity contribution in [2.24, 2.45) is 0 Å². The molecule has 132 valence electrons. The fourth-order valence-corrected chi connectivity index (χ4v) is 2.62. The van der Waals surface area contributed by atoms with E-state index in [2.05, 4.69) is 16.8 Å². The average molecular weight is 373 g/mol. The lowest BCUT2D eigenvalue weighted by atomic mass is 9.97. The zero-order valence-electron chi connectivity index (χ0n) is 12.5. The number of nitrogens with one attached hydrogen (secondary N) is 1. The molecule has 2 N–H and O–H groups in total. The smallest absolute Gasteiger partial charge is 0.416 e. The number of halogens is 5. The van der Waals surface area contributed by atoms with Crippen molar-refractivity contribution in [1.29, 1.82) is 0 Å². The fraction of sp³-hybridized carbons (Fsp3) is 0.467. The van der Waals surface area contributed by atoms with Crippen LogP contribution in [0.5, 0.6) is 5.75 Å². The van der Waals surface area contributed by atoms with Crippen molar-refractivity contribution in [3.63, 3.8) is 0 Å². The second-order valence-corrected chi connectivity index (χ2v) is 5.10. The maximum Gasteiger partial charge on any atom is 0.416 e. The van der Waals surface area contributed by atoms with Gasteiger partial charge >= 0.3 is 6.18 Å². The molecule has 1 aromatic carbocycles. The number of piperazine rings is 1. The SMILES string of the molecule is C=CC[C@H](c1cc(C(F)(F)F)ccc1O)N1CCNCC1.Cl.Cl. The Morgan fingerprint density at radius 2 is 1.87 bits per heavy atom. The van der Waals surface area contributed by atoms with Crippen LogP contribution in [0.2, 0.25) is 0 Å². The fourth-order valence-electron chi connectivity index (χ4n) is 2.62. The number of aromatic hydroxyl groups is 1. The number of hydrogen-bond donors (Lipinski definition) is 2. The third-order valence-electron chi connectivity index (χ3n) is 3.70. The highest BCUT2D eigenvalue weighted by Crippen LogP contribution is 2.37. The number of hydrogen-bond acceptors (Lipinski definition) is 3. The second-order valence-electron chi connectivity index (χ2n) is 5.10. The van der Waals surface area contributed by atoms with Gasteiger partial charge in [-0.1, -0.05) is 6.08 Å². The molecular weight excluding hydrogens is 352 g/mol. The summed E-state index contributed by atoms with van der Waals surface area (Å²) in [4.78, 5) is 2.08. The van der Waals surface area contributed by atoms with E-state index in [1.165, 1.54) is 0 Å². The van der Waals surface area contributed by atoms with E-state index in [0.717, 1.165) is 44.4 Å². The standard InChI is InChI=1S/C15H19F3N2O.2ClH/c1-2-3-13(20-8-6-19-7-9-20)12-10-11(15(16,17)18)4-5-14(12)21;;/h2,4-5,10,13,19,21H,1,3,6-9H2;2*1H/t13-;;/m1../s1. The minimum absolute atomic E-state index is 0. The molecule has 0 aliphatic carbocycles. The molecule has 0 bridgehead atoms. The van der Waals surface area contributed by atoms with E-state index in [-0.39, 0.29) is 36.6 Å². The Kier molecular flexibility index (Phi) is 8.98. The van der Waals surface area contributed by atoms with Gasteiger partial charge in [0, 0.05) is 37.8 Å². The van der Waals surface area contributed by atoms with Crippen LogP contribution < -0.4 is 5.32 Å². The van der Waals surface area contributed by atoms with Crippen LogP contribution in [0.4, 0.5) is 13.2 Å². The summed E-state index contributed by atoms with van der Waals surface area (Å²) < 4.78 is 38.6. The van der Waals surface area contributed by atoms with Gasteiger partial charge < -0.3 is 10.4 Å². The Morgan fingerprint density at radius 1 is 1.26 bits per heavy atom. The average Bonchev–Trinajstić information content (AvgIpc) is 2.45. The van der Waals surface area contributed by atoms with Crippen LogP contribution in [-0.2, 0) is 6.18 Å². The highest BCUT2D eigenvalue weighted by atomic mass is 35.5. The first-order chi connectivity index (χ1) is 9.93. The van der Waals surface area contributed by atoms with Crippen molar-refractivity contribution in [1.82, 2.24) is 10.2 Å². The molecule has 2 rings (SSSR count). The summed E-state index contributed by atoms with van der Waals surface area (Å²) in [6, 6.07) is 2.79. The van der Waals surface area contributed by atoms with E-state index in [4.69, 9.17) is 0 Å². The molecule has 1 saturated heterocycles. The Hall–Kier alpha value is -0.950. The summed E-state index contributed by atoms with van der Waals surface area (Å²) in [6.45, 7) is 6.71. The molecule has 0 amide bonds. The number of rotatable bonds is 4. The molecule has 0 radical (unpaired) electrons. The number of benzene rings is 1. The minimum Gasteiger partial charge on any atom is -0.508 e. The van der Waals surface area contributed by atoms with Crippen molar-refractivity contribution in [2.75, 3.05) is 26.2 Å². The predicted octanol–water partition coefficient (Wildman–Crippen LogP) is 3.78. The first kappa shape index (κ1) is 22.1. The van der Waals surface area contributed by atoms with Crippen LogP contribution in [0, 0.1) is 0 Å². The molecule has 1 aliphatic rings. The third kappa shape index (κ3) is 5.57. The third-order valence-corrected chi connectivity index (χ3v) is 3.70. The predicted molar refractivity (Wildman–Crippen MR) is 89.6 cm³/mol. The van der Waals surface area contributed by atoms with E-state index in [0.29, 0.717) is 12.0 Å². The van der Waals surface area contributed by atoms with E-state index < -0.39 is 11.7 Å². The van der Waals surface area contributed by atoms with Crippen LogP contribution in [-0.4, -0.2) is 36.2 Å². The van der Waals surface area contributed by atoms with Gasteiger partial charge in [-0.25, -0.2) is 0 Å². The van der Waals surface area contributed by atoms with Gasteiger partial charge in [0.25, 0.3) is 0 Å². The van der Waals surface area contributed by atoms with Crippen LogP contribution in [0.1, 0.15) is 23.6 Å². The first-order valence-electron chi connectivity index (χ1n) is 6.89. The van der Waals surface area contributed by atoms with Crippen LogP contribution in [0.25, 0.3) is 0 Å². The number of alkyl halides is 3. The van der Waals surface area contributed by atoms with E-state index in [1.54, 1.807) is 6.08 Å². The van der Waals surface area contributed by atoms with Gasteiger partial charge in [0.05, 0.1) is 5.56 Å². The van der Waals surface area contributed by atoms with Gasteiger partial charge in [-0.3, -0.25) is 4.90 Å². The largest absolute Gasteiger partial charge is 0.508 e. The normalized spacial score (nSPS) is 16.8. The lowest BCUT2D eigenvalue weighted by Crippen LogP contribution is -2.45. The number of nitrogens with zero attached hydrogens (tertiary/aromatic N) is 1. The number of phenolic OH excluding ortho intramolecular Hbond substituents is 1. The summed E-state index contributed by atoms with van der Waals surface area (Å²) in [5.74, 6) is -0.103. The molecule has 1 atom stereocenters. The maximum absolute atomic E-state index is 12.9. The van der Waals surface area contributed by atoms with Crippen molar-refractivity contribution in [3.05, 3.63) is 42.0 Å². The lowest BCUT2D eigenvalue weighted by molar-refractivity contribution is -0.137. The Bertz CT molecular complexity index is 506. The van der Waals surface area contributed by atoms with Crippen molar-refractivity contribution in [2.45, 2.75) is 18.6 Å². The summed E-state index contributed by atoms with van der Waals surface area (Å²) in [5, 5.41) is 13.2. The Balaban J connectivity index is 0.00000242. The van der Waals surface area contributed by atoms with Gasteiger partial charge in [0.15, 0.2) is 0 Å². The van der Waals surface area contributed by atoms with Crippen LogP contribution in [0.3, 0.4) is 0 Å². The molecule has 1 heterocycles. The van der Waals surface area contributed by atoms with Crippen LogP contribution in [0.15, 0.2) is 30.9 Å². The van der Waals surface area contributed by atoms with Gasteiger partial charge in [-0.15, -0.1) is 31.4 Å². The summed E-state index contributed by atoms with van der Waals surface area (Å²) in [5.41, 5.74) is -0.425. The molecule has 3 nitrogen and oxygen atoms in total. The molecular formula is C15H21Cl2F3N2O. The van der Waals surface area contributed by atoms with Gasteiger partial charge in [0.2, 0.25) is 0 Å². The first-order valence-corrected chi connectivity index (χ1v) is 6.89. The van der Waals surface area contributed by atoms with E-state index in [1.807, 2.05) is 0 Å². The molecule has 1 aromatic rings.